The molecular formula is C28H34N4O2. The molecule has 0 aliphatic rings. The Morgan fingerprint density at radius 1 is 1.03 bits per heavy atom. The molecule has 6 heteroatoms. The maximum atomic E-state index is 13.1. The van der Waals surface area contributed by atoms with Crippen molar-refractivity contribution in [1.29, 1.82) is 0 Å². The fraction of sp³-hybridized carbons (Fsp3) is 0.286. The van der Waals surface area contributed by atoms with Gasteiger partial charge in [-0.05, 0) is 50.1 Å². The molecule has 2 aromatic carbocycles. The topological polar surface area (TPSA) is 75.2 Å². The lowest BCUT2D eigenvalue weighted by molar-refractivity contribution is -0.121. The van der Waals surface area contributed by atoms with E-state index in [1.165, 1.54) is 0 Å². The molecule has 0 aliphatic heterocycles. The molecular weight excluding hydrogens is 424 g/mol. The van der Waals surface area contributed by atoms with Crippen molar-refractivity contribution in [2.75, 3.05) is 11.9 Å². The van der Waals surface area contributed by atoms with Gasteiger partial charge in [-0.3, -0.25) is 19.6 Å². The van der Waals surface area contributed by atoms with Crippen molar-refractivity contribution >= 4 is 17.5 Å². The molecule has 0 radical (unpaired) electrons. The first-order chi connectivity index (χ1) is 16.2. The van der Waals surface area contributed by atoms with Crippen LogP contribution in [0.4, 0.5) is 5.69 Å². The van der Waals surface area contributed by atoms with Crippen LogP contribution in [-0.2, 0) is 4.79 Å². The maximum Gasteiger partial charge on any atom is 0.251 e. The number of hydrogen-bond donors (Lipinski definition) is 1. The Hall–Kier alpha value is -3.80. The molecule has 34 heavy (non-hydrogen) atoms. The molecule has 6 nitrogen and oxygen atoms in total. The van der Waals surface area contributed by atoms with Crippen molar-refractivity contribution < 1.29 is 9.59 Å². The van der Waals surface area contributed by atoms with Gasteiger partial charge >= 0.3 is 0 Å². The molecule has 0 fully saturated rings. The van der Waals surface area contributed by atoms with Gasteiger partial charge < -0.3 is 10.2 Å². The Labute approximate surface area is 202 Å². The zero-order chi connectivity index (χ0) is 25.3. The number of aryl methyl sites for hydroxylation is 1. The lowest BCUT2D eigenvalue weighted by Gasteiger charge is -2.22. The van der Waals surface area contributed by atoms with E-state index in [4.69, 9.17) is 0 Å². The summed E-state index contributed by atoms with van der Waals surface area (Å²) in [6.45, 7) is 12.9. The van der Waals surface area contributed by atoms with Crippen molar-refractivity contribution in [2.24, 2.45) is 5.92 Å². The molecule has 1 N–H and O–H groups in total. The predicted octanol–water partition coefficient (Wildman–Crippen LogP) is 5.75. The number of carbonyl (C=O) groups is 2. The molecule has 0 aliphatic carbocycles. The highest BCUT2D eigenvalue weighted by molar-refractivity contribution is 6.00. The third-order valence-corrected chi connectivity index (χ3v) is 5.15. The molecule has 1 unspecified atom stereocenters. The summed E-state index contributed by atoms with van der Waals surface area (Å²) >= 11 is 0. The number of amides is 2. The lowest BCUT2D eigenvalue weighted by Crippen LogP contribution is -2.31. The summed E-state index contributed by atoms with van der Waals surface area (Å²) in [5.41, 5.74) is 4.84. The molecule has 2 amide bonds. The second-order valence-corrected chi connectivity index (χ2v) is 8.42. The number of benzene rings is 2. The van der Waals surface area contributed by atoms with E-state index in [2.05, 4.69) is 21.9 Å². The number of carbonyl (C=O) groups excluding carboxylic acids is 2. The Kier molecular flexibility index (Phi) is 9.68. The normalized spacial score (nSPS) is 11.1. The van der Waals surface area contributed by atoms with Crippen LogP contribution >= 0.6 is 0 Å². The average molecular weight is 459 g/mol. The van der Waals surface area contributed by atoms with E-state index in [1.807, 2.05) is 71.0 Å². The van der Waals surface area contributed by atoms with Crippen LogP contribution < -0.4 is 10.2 Å². The molecule has 1 aromatic heterocycles. The van der Waals surface area contributed by atoms with Gasteiger partial charge in [0.25, 0.3) is 5.91 Å². The molecule has 1 heterocycles. The Morgan fingerprint density at radius 2 is 1.68 bits per heavy atom. The summed E-state index contributed by atoms with van der Waals surface area (Å²) < 4.78 is 0. The van der Waals surface area contributed by atoms with Crippen molar-refractivity contribution in [1.82, 2.24) is 15.3 Å². The largest absolute Gasteiger partial charge is 0.344 e. The van der Waals surface area contributed by atoms with Crippen LogP contribution in [0.1, 0.15) is 55.4 Å². The number of nitrogens with zero attached hydrogens (tertiary/aromatic N) is 3. The van der Waals surface area contributed by atoms with Crippen LogP contribution in [0.2, 0.25) is 0 Å². The zero-order valence-corrected chi connectivity index (χ0v) is 20.9. The molecule has 0 bridgehead atoms. The summed E-state index contributed by atoms with van der Waals surface area (Å²) in [4.78, 5) is 35.6. The predicted molar refractivity (Wildman–Crippen MR) is 139 cm³/mol. The number of anilines is 1. The van der Waals surface area contributed by atoms with Crippen molar-refractivity contribution in [2.45, 2.75) is 40.7 Å². The number of nitrogens with one attached hydrogen (secondary N) is 1. The molecule has 178 valence electrons. The van der Waals surface area contributed by atoms with Crippen molar-refractivity contribution in [3.8, 4) is 11.1 Å². The van der Waals surface area contributed by atoms with E-state index in [9.17, 15) is 9.59 Å². The van der Waals surface area contributed by atoms with Crippen LogP contribution in [0, 0.1) is 12.8 Å². The van der Waals surface area contributed by atoms with E-state index in [0.29, 0.717) is 16.9 Å². The summed E-state index contributed by atoms with van der Waals surface area (Å²) in [5.74, 6) is -0.402. The van der Waals surface area contributed by atoms with Gasteiger partial charge in [-0.2, -0.15) is 0 Å². The van der Waals surface area contributed by atoms with Gasteiger partial charge in [-0.1, -0.05) is 49.8 Å². The number of hydrogen-bond acceptors (Lipinski definition) is 4. The van der Waals surface area contributed by atoms with Crippen molar-refractivity contribution in [3.05, 3.63) is 90.5 Å². The van der Waals surface area contributed by atoms with Gasteiger partial charge in [0.2, 0.25) is 5.91 Å². The number of aromatic nitrogens is 2. The van der Waals surface area contributed by atoms with Gasteiger partial charge in [0.15, 0.2) is 0 Å². The highest BCUT2D eigenvalue weighted by Gasteiger charge is 2.19. The summed E-state index contributed by atoms with van der Waals surface area (Å²) in [5, 5.41) is 2.97. The first kappa shape index (κ1) is 26.5. The van der Waals surface area contributed by atoms with E-state index in [-0.39, 0.29) is 23.8 Å². The van der Waals surface area contributed by atoms with Crippen molar-refractivity contribution in [3.63, 3.8) is 0 Å². The number of rotatable bonds is 6. The molecule has 0 saturated carbocycles. The maximum absolute atomic E-state index is 13.1. The minimum Gasteiger partial charge on any atom is -0.344 e. The van der Waals surface area contributed by atoms with Crippen LogP contribution in [0.15, 0.2) is 73.7 Å². The second-order valence-electron chi connectivity index (χ2n) is 8.42. The van der Waals surface area contributed by atoms with Gasteiger partial charge in [-0.15, -0.1) is 6.58 Å². The van der Waals surface area contributed by atoms with Gasteiger partial charge in [0.1, 0.15) is 0 Å². The zero-order valence-electron chi connectivity index (χ0n) is 20.9. The molecule has 0 saturated heterocycles. The minimum absolute atomic E-state index is 0.0136. The number of allylic oxidation sites excluding steroid dienone is 1. The average Bonchev–Trinajstić information content (AvgIpc) is 2.84. The second kappa shape index (κ2) is 12.4. The van der Waals surface area contributed by atoms with E-state index in [1.54, 1.807) is 42.7 Å². The third-order valence-electron chi connectivity index (χ3n) is 5.15. The highest BCUT2D eigenvalue weighted by atomic mass is 16.2. The summed E-state index contributed by atoms with van der Waals surface area (Å²) in [6.07, 6.45) is 6.58. The minimum atomic E-state index is -0.303. The molecule has 3 aromatic rings. The Balaban J connectivity index is 0.00000129. The van der Waals surface area contributed by atoms with Gasteiger partial charge in [-0.25, -0.2) is 0 Å². The quantitative estimate of drug-likeness (QED) is 0.477. The van der Waals surface area contributed by atoms with E-state index < -0.39 is 0 Å². The lowest BCUT2D eigenvalue weighted by atomic mass is 9.99. The van der Waals surface area contributed by atoms with Crippen LogP contribution in [-0.4, -0.2) is 28.8 Å². The smallest absolute Gasteiger partial charge is 0.251 e. The standard InChI is InChI=1S/C25H28N4O2.C3H6/c1-16(2)25(31)29(5)22-13-20(19-8-6-17(3)7-9-19)12-21(14-22)24(30)28-18(4)23-15-26-10-11-27-23;1-3-2/h6-16,18H,1-5H3,(H,28,30);3H,1H2,2H3. The van der Waals surface area contributed by atoms with E-state index in [0.717, 1.165) is 16.7 Å². The monoisotopic (exact) mass is 458 g/mol. The fourth-order valence-corrected chi connectivity index (χ4v) is 3.25. The Bertz CT molecular complexity index is 1110. The third kappa shape index (κ3) is 7.10. The van der Waals surface area contributed by atoms with Gasteiger partial charge in [0, 0.05) is 36.6 Å². The molecule has 3 rings (SSSR count). The fourth-order valence-electron chi connectivity index (χ4n) is 3.25. The van der Waals surface area contributed by atoms with Crippen LogP contribution in [0.25, 0.3) is 11.1 Å². The first-order valence-corrected chi connectivity index (χ1v) is 11.3. The Morgan fingerprint density at radius 3 is 2.24 bits per heavy atom. The molecule has 0 spiro atoms. The SMILES string of the molecule is C=CC.Cc1ccc(-c2cc(C(=O)NC(C)c3cnccn3)cc(N(C)C(=O)C(C)C)c2)cc1. The highest BCUT2D eigenvalue weighted by Crippen LogP contribution is 2.28. The summed E-state index contributed by atoms with van der Waals surface area (Å²) in [6, 6.07) is 13.3. The van der Waals surface area contributed by atoms with Crippen LogP contribution in [0.5, 0.6) is 0 Å². The summed E-state index contributed by atoms with van der Waals surface area (Å²) in [7, 11) is 1.74. The van der Waals surface area contributed by atoms with Gasteiger partial charge in [0.05, 0.1) is 17.9 Å². The van der Waals surface area contributed by atoms with E-state index >= 15 is 0 Å². The first-order valence-electron chi connectivity index (χ1n) is 11.3. The van der Waals surface area contributed by atoms with Crippen LogP contribution in [0.3, 0.4) is 0 Å². The molecule has 1 atom stereocenters.